The van der Waals surface area contributed by atoms with Gasteiger partial charge in [0.1, 0.15) is 12.4 Å². The molecule has 8 nitrogen and oxygen atoms in total. The van der Waals surface area contributed by atoms with Crippen LogP contribution >= 0.6 is 0 Å². The fourth-order valence-corrected chi connectivity index (χ4v) is 2.97. The van der Waals surface area contributed by atoms with E-state index in [2.05, 4.69) is 25.5 Å². The first kappa shape index (κ1) is 17.6. The van der Waals surface area contributed by atoms with Crippen LogP contribution in [0.25, 0.3) is 11.5 Å². The van der Waals surface area contributed by atoms with Crippen LogP contribution in [-0.2, 0) is 22.6 Å². The topological polar surface area (TPSA) is 95.2 Å². The molecule has 2 aromatic heterocycles. The predicted molar refractivity (Wildman–Crippen MR) is 98.0 cm³/mol. The van der Waals surface area contributed by atoms with Crippen LogP contribution in [-0.4, -0.2) is 40.5 Å². The van der Waals surface area contributed by atoms with E-state index in [1.54, 1.807) is 7.11 Å². The number of nitrogens with zero attached hydrogens (tertiary/aromatic N) is 4. The normalized spacial score (nSPS) is 16.6. The second-order valence-corrected chi connectivity index (χ2v) is 6.31. The zero-order valence-corrected chi connectivity index (χ0v) is 15.1. The zero-order valence-electron chi connectivity index (χ0n) is 15.1. The van der Waals surface area contributed by atoms with Crippen molar-refractivity contribution in [3.63, 3.8) is 0 Å². The molecule has 4 rings (SSSR count). The van der Waals surface area contributed by atoms with Crippen LogP contribution in [0.3, 0.4) is 0 Å². The molecule has 1 aromatic carbocycles. The van der Waals surface area contributed by atoms with E-state index in [-0.39, 0.29) is 5.92 Å². The van der Waals surface area contributed by atoms with Gasteiger partial charge < -0.3 is 19.2 Å². The van der Waals surface area contributed by atoms with Gasteiger partial charge in [0.05, 0.1) is 18.8 Å². The van der Waals surface area contributed by atoms with E-state index in [1.807, 2.05) is 36.4 Å². The number of hydrogen-bond acceptors (Lipinski definition) is 8. The number of hydrogen-bond donors (Lipinski definition) is 1. The lowest BCUT2D eigenvalue weighted by Gasteiger charge is -2.12. The molecule has 0 amide bonds. The van der Waals surface area contributed by atoms with Gasteiger partial charge in [-0.1, -0.05) is 18.2 Å². The molecule has 1 atom stereocenters. The third kappa shape index (κ3) is 4.29. The molecule has 0 aliphatic carbocycles. The minimum atomic E-state index is 0.289. The summed E-state index contributed by atoms with van der Waals surface area (Å²) in [5.41, 5.74) is 1.86. The van der Waals surface area contributed by atoms with Gasteiger partial charge >= 0.3 is 0 Å². The Labute approximate surface area is 157 Å². The molecule has 1 aliphatic rings. The number of methoxy groups -OCH3 is 1. The molecule has 0 spiro atoms. The summed E-state index contributed by atoms with van der Waals surface area (Å²) in [5, 5.41) is 11.4. The molecule has 0 unspecified atom stereocenters. The van der Waals surface area contributed by atoms with Crippen molar-refractivity contribution < 1.29 is 13.9 Å². The standard InChI is InChI=1S/C19H21N5O3/c1-25-12-17-21-15(14-7-8-26-11-14)9-16(22-17)20-10-18-23-24-19(27-18)13-5-3-2-4-6-13/h2-6,9,14H,7-8,10-12H2,1H3,(H,20,21,22)/t14-/m1/s1. The summed E-state index contributed by atoms with van der Waals surface area (Å²) >= 11 is 0. The van der Waals surface area contributed by atoms with Gasteiger partial charge in [0.25, 0.3) is 0 Å². The fourth-order valence-electron chi connectivity index (χ4n) is 2.97. The largest absolute Gasteiger partial charge is 0.419 e. The van der Waals surface area contributed by atoms with Crippen molar-refractivity contribution >= 4 is 5.82 Å². The molecule has 0 bridgehead atoms. The Morgan fingerprint density at radius 1 is 1.19 bits per heavy atom. The molecule has 3 heterocycles. The van der Waals surface area contributed by atoms with E-state index in [4.69, 9.17) is 13.9 Å². The number of benzene rings is 1. The summed E-state index contributed by atoms with van der Waals surface area (Å²) in [6.45, 7) is 2.19. The third-order valence-corrected chi connectivity index (χ3v) is 4.32. The summed E-state index contributed by atoms with van der Waals surface area (Å²) < 4.78 is 16.4. The van der Waals surface area contributed by atoms with Crippen LogP contribution in [0, 0.1) is 0 Å². The number of rotatable bonds is 7. The lowest BCUT2D eigenvalue weighted by molar-refractivity contribution is 0.177. The van der Waals surface area contributed by atoms with Gasteiger partial charge in [0.15, 0.2) is 5.82 Å². The smallest absolute Gasteiger partial charge is 0.247 e. The van der Waals surface area contributed by atoms with Gasteiger partial charge in [0.2, 0.25) is 11.8 Å². The van der Waals surface area contributed by atoms with Gasteiger partial charge in [-0.05, 0) is 18.6 Å². The fraction of sp³-hybridized carbons (Fsp3) is 0.368. The SMILES string of the molecule is COCc1nc(NCc2nnc(-c3ccccc3)o2)cc([C@@H]2CCOC2)n1. The van der Waals surface area contributed by atoms with E-state index in [1.165, 1.54) is 0 Å². The molecule has 1 fully saturated rings. The van der Waals surface area contributed by atoms with Gasteiger partial charge in [-0.2, -0.15) is 0 Å². The molecule has 3 aromatic rings. The van der Waals surface area contributed by atoms with Crippen molar-refractivity contribution in [2.75, 3.05) is 25.6 Å². The maximum absolute atomic E-state index is 5.73. The molecular weight excluding hydrogens is 346 g/mol. The Balaban J connectivity index is 1.48. The van der Waals surface area contributed by atoms with E-state index in [0.717, 1.165) is 24.3 Å². The number of anilines is 1. The van der Waals surface area contributed by atoms with Gasteiger partial charge in [-0.3, -0.25) is 0 Å². The summed E-state index contributed by atoms with van der Waals surface area (Å²) in [4.78, 5) is 9.09. The Morgan fingerprint density at radius 2 is 2.07 bits per heavy atom. The van der Waals surface area contributed by atoms with E-state index >= 15 is 0 Å². The highest BCUT2D eigenvalue weighted by Gasteiger charge is 2.21. The number of aromatic nitrogens is 4. The lowest BCUT2D eigenvalue weighted by Crippen LogP contribution is -2.10. The van der Waals surface area contributed by atoms with Crippen LogP contribution in [0.15, 0.2) is 40.8 Å². The zero-order chi connectivity index (χ0) is 18.5. The molecule has 0 saturated carbocycles. The van der Waals surface area contributed by atoms with Crippen molar-refractivity contribution in [2.45, 2.75) is 25.5 Å². The van der Waals surface area contributed by atoms with E-state index < -0.39 is 0 Å². The van der Waals surface area contributed by atoms with E-state index in [0.29, 0.717) is 43.2 Å². The minimum Gasteiger partial charge on any atom is -0.419 e. The molecule has 8 heteroatoms. The first-order valence-corrected chi connectivity index (χ1v) is 8.88. The van der Waals surface area contributed by atoms with Crippen LogP contribution < -0.4 is 5.32 Å². The lowest BCUT2D eigenvalue weighted by atomic mass is 10.0. The average molecular weight is 367 g/mol. The number of ether oxygens (including phenoxy) is 2. The van der Waals surface area contributed by atoms with Crippen LogP contribution in [0.2, 0.25) is 0 Å². The Bertz CT molecular complexity index is 878. The van der Waals surface area contributed by atoms with Gasteiger partial charge in [-0.15, -0.1) is 10.2 Å². The quantitative estimate of drug-likeness (QED) is 0.681. The molecule has 140 valence electrons. The van der Waals surface area contributed by atoms with Gasteiger partial charge in [-0.25, -0.2) is 9.97 Å². The summed E-state index contributed by atoms with van der Waals surface area (Å²) in [7, 11) is 1.63. The summed E-state index contributed by atoms with van der Waals surface area (Å²) in [6.07, 6.45) is 0.965. The predicted octanol–water partition coefficient (Wildman–Crippen LogP) is 2.79. The summed E-state index contributed by atoms with van der Waals surface area (Å²) in [6, 6.07) is 11.6. The maximum Gasteiger partial charge on any atom is 0.247 e. The second-order valence-electron chi connectivity index (χ2n) is 6.31. The van der Waals surface area contributed by atoms with Crippen molar-refractivity contribution in [3.8, 4) is 11.5 Å². The van der Waals surface area contributed by atoms with E-state index in [9.17, 15) is 0 Å². The van der Waals surface area contributed by atoms with Crippen LogP contribution in [0.4, 0.5) is 5.82 Å². The van der Waals surface area contributed by atoms with Crippen molar-refractivity contribution in [3.05, 3.63) is 53.8 Å². The Hall–Kier alpha value is -2.84. The first-order valence-electron chi connectivity index (χ1n) is 8.88. The third-order valence-electron chi connectivity index (χ3n) is 4.32. The summed E-state index contributed by atoms with van der Waals surface area (Å²) in [5.74, 6) is 2.63. The first-order chi connectivity index (χ1) is 13.3. The van der Waals surface area contributed by atoms with Crippen LogP contribution in [0.1, 0.15) is 29.7 Å². The molecule has 27 heavy (non-hydrogen) atoms. The molecule has 1 saturated heterocycles. The number of nitrogens with one attached hydrogen (secondary N) is 1. The highest BCUT2D eigenvalue weighted by molar-refractivity contribution is 5.51. The van der Waals surface area contributed by atoms with Crippen molar-refractivity contribution in [1.82, 2.24) is 20.2 Å². The average Bonchev–Trinajstić information content (AvgIpc) is 3.39. The van der Waals surface area contributed by atoms with Crippen LogP contribution in [0.5, 0.6) is 0 Å². The molecule has 1 aliphatic heterocycles. The monoisotopic (exact) mass is 367 g/mol. The van der Waals surface area contributed by atoms with Crippen molar-refractivity contribution in [2.24, 2.45) is 0 Å². The Kier molecular flexibility index (Phi) is 5.36. The highest BCUT2D eigenvalue weighted by Crippen LogP contribution is 2.25. The maximum atomic E-state index is 5.73. The Morgan fingerprint density at radius 3 is 2.85 bits per heavy atom. The van der Waals surface area contributed by atoms with Crippen molar-refractivity contribution in [1.29, 1.82) is 0 Å². The second kappa shape index (κ2) is 8.24. The molecule has 1 N–H and O–H groups in total. The molecular formula is C19H21N5O3. The minimum absolute atomic E-state index is 0.289. The molecule has 0 radical (unpaired) electrons. The van der Waals surface area contributed by atoms with Gasteiger partial charge in [0, 0.05) is 31.3 Å². The highest BCUT2D eigenvalue weighted by atomic mass is 16.5.